The average Bonchev–Trinajstić information content (AvgIpc) is 2.96. The molecule has 0 saturated carbocycles. The Hall–Kier alpha value is 0.383. The van der Waals surface area contributed by atoms with Crippen molar-refractivity contribution in [3.8, 4) is 0 Å². The second kappa shape index (κ2) is 10.2. The quantitative estimate of drug-likeness (QED) is 0.513. The number of aliphatic hydroxyl groups is 1. The molecule has 102 valence electrons. The summed E-state index contributed by atoms with van der Waals surface area (Å²) in [6, 6.07) is 0. The van der Waals surface area contributed by atoms with Gasteiger partial charge in [0.1, 0.15) is 0 Å². The van der Waals surface area contributed by atoms with Crippen molar-refractivity contribution in [2.75, 3.05) is 6.61 Å². The van der Waals surface area contributed by atoms with Crippen LogP contribution in [0, 0.1) is 17.6 Å². The molecule has 0 aromatic rings. The van der Waals surface area contributed by atoms with Gasteiger partial charge in [-0.1, -0.05) is 6.92 Å². The number of aliphatic hydroxyl groups excluding tert-OH is 1. The molecule has 19 heavy (non-hydrogen) atoms. The fourth-order valence-corrected chi connectivity index (χ4v) is 2.41. The fourth-order valence-electron chi connectivity index (χ4n) is 2.41. The van der Waals surface area contributed by atoms with Gasteiger partial charge in [0.2, 0.25) is 0 Å². The Kier molecular flexibility index (Phi) is 11.6. The standard InChI is InChI=1S/C15H18O.2ClH.Zr/c1-15(11-6-12-16,13-7-2-3-8-13)14-9-4-5-10-14;;;/h2,4,7,9,16H,3,5-6,11-12H2,1H3;2*1H;/q-2;;;+4/p-2. The van der Waals surface area contributed by atoms with Gasteiger partial charge in [-0.15, -0.1) is 12.8 Å². The molecule has 0 aromatic heterocycles. The summed E-state index contributed by atoms with van der Waals surface area (Å²) in [4.78, 5) is 0. The third kappa shape index (κ3) is 5.01. The molecule has 2 rings (SSSR count). The smallest absolute Gasteiger partial charge is 1.00 e. The van der Waals surface area contributed by atoms with E-state index in [2.05, 4.69) is 43.4 Å². The van der Waals surface area contributed by atoms with Crippen molar-refractivity contribution in [1.82, 2.24) is 0 Å². The summed E-state index contributed by atoms with van der Waals surface area (Å²) in [5.41, 5.74) is 2.51. The first-order valence-corrected chi connectivity index (χ1v) is 5.94. The molecular formula is C15H18Cl2OZr. The average molecular weight is 376 g/mol. The molecule has 0 unspecified atom stereocenters. The largest absolute Gasteiger partial charge is 4.00 e. The predicted molar refractivity (Wildman–Crippen MR) is 65.5 cm³/mol. The molecule has 0 amide bonds. The Morgan fingerprint density at radius 1 is 1.11 bits per heavy atom. The van der Waals surface area contributed by atoms with Crippen molar-refractivity contribution in [2.24, 2.45) is 5.41 Å². The van der Waals surface area contributed by atoms with Crippen molar-refractivity contribution >= 4 is 0 Å². The van der Waals surface area contributed by atoms with Gasteiger partial charge in [-0.3, -0.25) is 12.2 Å². The molecule has 0 bridgehead atoms. The summed E-state index contributed by atoms with van der Waals surface area (Å²) in [6.45, 7) is 2.49. The van der Waals surface area contributed by atoms with Crippen LogP contribution in [0.25, 0.3) is 0 Å². The van der Waals surface area contributed by atoms with Crippen molar-refractivity contribution in [3.05, 3.63) is 47.6 Å². The summed E-state index contributed by atoms with van der Waals surface area (Å²) >= 11 is 0. The van der Waals surface area contributed by atoms with Crippen LogP contribution in [0.1, 0.15) is 32.6 Å². The summed E-state index contributed by atoms with van der Waals surface area (Å²) in [6.07, 6.45) is 19.1. The molecule has 1 nitrogen and oxygen atoms in total. The van der Waals surface area contributed by atoms with E-state index in [-0.39, 0.29) is 63.0 Å². The molecule has 4 heteroatoms. The molecule has 1 N–H and O–H groups in total. The van der Waals surface area contributed by atoms with Gasteiger partial charge in [0, 0.05) is 6.61 Å². The summed E-state index contributed by atoms with van der Waals surface area (Å²) in [7, 11) is 0. The molecule has 2 aliphatic rings. The van der Waals surface area contributed by atoms with E-state index in [9.17, 15) is 0 Å². The third-order valence-electron chi connectivity index (χ3n) is 3.41. The maximum absolute atomic E-state index is 9.02. The number of hydrogen-bond acceptors (Lipinski definition) is 1. The second-order valence-electron chi connectivity index (χ2n) is 4.55. The van der Waals surface area contributed by atoms with E-state index in [0.717, 1.165) is 25.7 Å². The maximum atomic E-state index is 9.02. The predicted octanol–water partition coefficient (Wildman–Crippen LogP) is -2.85. The molecule has 0 fully saturated rings. The molecule has 0 aliphatic heterocycles. The van der Waals surface area contributed by atoms with Gasteiger partial charge in [-0.2, -0.15) is 12.2 Å². The molecule has 0 heterocycles. The van der Waals surface area contributed by atoms with Gasteiger partial charge in [-0.05, 0) is 18.3 Å². The molecule has 0 aromatic carbocycles. The molecule has 2 aliphatic carbocycles. The van der Waals surface area contributed by atoms with Crippen molar-refractivity contribution < 1.29 is 56.1 Å². The summed E-state index contributed by atoms with van der Waals surface area (Å²) in [5, 5.41) is 9.02. The van der Waals surface area contributed by atoms with Gasteiger partial charge < -0.3 is 29.9 Å². The van der Waals surface area contributed by atoms with Gasteiger partial charge in [0.05, 0.1) is 0 Å². The summed E-state index contributed by atoms with van der Waals surface area (Å²) in [5.74, 6) is 0. The van der Waals surface area contributed by atoms with Gasteiger partial charge in [-0.25, -0.2) is 23.3 Å². The van der Waals surface area contributed by atoms with Crippen LogP contribution in [0.4, 0.5) is 0 Å². The number of rotatable bonds is 5. The molecule has 0 radical (unpaired) electrons. The fraction of sp³-hybridized carbons (Fsp3) is 0.467. The minimum atomic E-state index is -0.0112. The number of allylic oxidation sites excluding steroid dienone is 8. The minimum absolute atomic E-state index is 0. The maximum Gasteiger partial charge on any atom is 4.00 e. The molecule has 0 spiro atoms. The topological polar surface area (TPSA) is 20.2 Å². The van der Waals surface area contributed by atoms with E-state index in [1.807, 2.05) is 0 Å². The first-order chi connectivity index (χ1) is 7.77. The van der Waals surface area contributed by atoms with Crippen molar-refractivity contribution in [1.29, 1.82) is 0 Å². The Morgan fingerprint density at radius 3 is 1.89 bits per heavy atom. The second-order valence-corrected chi connectivity index (χ2v) is 4.55. The normalized spacial score (nSPS) is 16.1. The van der Waals surface area contributed by atoms with Crippen molar-refractivity contribution in [3.63, 3.8) is 0 Å². The Labute approximate surface area is 147 Å². The van der Waals surface area contributed by atoms with Crippen LogP contribution in [-0.2, 0) is 26.2 Å². The Morgan fingerprint density at radius 2 is 1.58 bits per heavy atom. The van der Waals surface area contributed by atoms with Gasteiger partial charge in [0.15, 0.2) is 0 Å². The zero-order valence-electron chi connectivity index (χ0n) is 11.0. The van der Waals surface area contributed by atoms with E-state index in [4.69, 9.17) is 5.11 Å². The third-order valence-corrected chi connectivity index (χ3v) is 3.41. The molecule has 0 atom stereocenters. The van der Waals surface area contributed by atoms with E-state index in [1.165, 1.54) is 11.1 Å². The van der Waals surface area contributed by atoms with Crippen LogP contribution in [0.5, 0.6) is 0 Å². The van der Waals surface area contributed by atoms with Crippen LogP contribution in [-0.4, -0.2) is 11.7 Å². The van der Waals surface area contributed by atoms with Gasteiger partial charge in [0.25, 0.3) is 0 Å². The van der Waals surface area contributed by atoms with E-state index in [1.54, 1.807) is 0 Å². The number of halogens is 2. The molecular weight excluding hydrogens is 358 g/mol. The zero-order chi connectivity index (χ0) is 11.4. The first-order valence-electron chi connectivity index (χ1n) is 5.94. The van der Waals surface area contributed by atoms with E-state index < -0.39 is 0 Å². The monoisotopic (exact) mass is 374 g/mol. The van der Waals surface area contributed by atoms with Crippen LogP contribution in [0.2, 0.25) is 0 Å². The van der Waals surface area contributed by atoms with Crippen LogP contribution < -0.4 is 24.8 Å². The van der Waals surface area contributed by atoms with Gasteiger partial charge >= 0.3 is 26.2 Å². The van der Waals surface area contributed by atoms with Crippen molar-refractivity contribution in [2.45, 2.75) is 32.6 Å². The van der Waals surface area contributed by atoms with E-state index in [0.29, 0.717) is 0 Å². The van der Waals surface area contributed by atoms with Crippen LogP contribution >= 0.6 is 0 Å². The van der Waals surface area contributed by atoms with Crippen LogP contribution in [0.3, 0.4) is 0 Å². The van der Waals surface area contributed by atoms with E-state index >= 15 is 0 Å². The van der Waals surface area contributed by atoms with Crippen LogP contribution in [0.15, 0.2) is 35.5 Å². The minimum Gasteiger partial charge on any atom is -1.00 e. The first kappa shape index (κ1) is 21.7. The Bertz CT molecular complexity index is 354. The number of hydrogen-bond donors (Lipinski definition) is 1. The SMILES string of the molecule is CC(CCCO)(C1=[C-]CC=C1)C1=[C-]CC=C1.[Cl-].[Cl-].[Zr+4]. The Balaban J connectivity index is 0. The summed E-state index contributed by atoms with van der Waals surface area (Å²) < 4.78 is 0. The molecule has 0 saturated heterocycles. The zero-order valence-corrected chi connectivity index (χ0v) is 15.0.